The van der Waals surface area contributed by atoms with E-state index in [1.807, 2.05) is 41.8 Å². The van der Waals surface area contributed by atoms with Crippen LogP contribution in [0.4, 0.5) is 11.6 Å². The second-order valence-corrected chi connectivity index (χ2v) is 8.59. The van der Waals surface area contributed by atoms with Crippen LogP contribution in [-0.4, -0.2) is 72.9 Å². The summed E-state index contributed by atoms with van der Waals surface area (Å²) in [4.78, 5) is 34.9. The predicted molar refractivity (Wildman–Crippen MR) is 130 cm³/mol. The lowest BCUT2D eigenvalue weighted by atomic mass is 10.1. The zero-order valence-electron chi connectivity index (χ0n) is 20.1. The van der Waals surface area contributed by atoms with Crippen LogP contribution < -0.4 is 10.2 Å². The number of rotatable bonds is 7. The summed E-state index contributed by atoms with van der Waals surface area (Å²) in [5.41, 5.74) is 2.95. The third-order valence-corrected chi connectivity index (χ3v) is 6.02. The summed E-state index contributed by atoms with van der Waals surface area (Å²) in [6.07, 6.45) is 1.52. The Bertz CT molecular complexity index is 1220. The molecule has 182 valence electrons. The maximum Gasteiger partial charge on any atom is 0.266 e. The van der Waals surface area contributed by atoms with Gasteiger partial charge in [0.15, 0.2) is 5.76 Å². The number of carbonyl (C=O) groups excluding carboxylic acids is 2. The number of benzene rings is 1. The molecule has 1 saturated heterocycles. The summed E-state index contributed by atoms with van der Waals surface area (Å²) in [5, 5.41) is 12.4. The van der Waals surface area contributed by atoms with Crippen LogP contribution in [0.3, 0.4) is 0 Å². The van der Waals surface area contributed by atoms with Gasteiger partial charge in [0.05, 0.1) is 19.4 Å². The Hall–Kier alpha value is -4.10. The minimum atomic E-state index is -0.232. The molecule has 0 atom stereocenters. The molecule has 1 aliphatic heterocycles. The first-order chi connectivity index (χ1) is 16.9. The van der Waals surface area contributed by atoms with E-state index in [0.29, 0.717) is 37.8 Å². The number of piperazine rings is 1. The van der Waals surface area contributed by atoms with E-state index < -0.39 is 0 Å². The summed E-state index contributed by atoms with van der Waals surface area (Å²) in [6.45, 7) is 6.43. The van der Waals surface area contributed by atoms with Crippen LogP contribution in [0.25, 0.3) is 11.7 Å². The van der Waals surface area contributed by atoms with Crippen molar-refractivity contribution in [2.75, 3.05) is 56.5 Å². The number of aryl methyl sites for hydroxylation is 2. The number of nitrogens with one attached hydrogen (secondary N) is 1. The van der Waals surface area contributed by atoms with Crippen molar-refractivity contribution in [3.05, 3.63) is 53.4 Å². The zero-order valence-corrected chi connectivity index (χ0v) is 20.1. The fourth-order valence-electron chi connectivity index (χ4n) is 4.02. The van der Waals surface area contributed by atoms with Gasteiger partial charge in [-0.25, -0.2) is 0 Å². The molecular formula is C25H28N6O4. The highest BCUT2D eigenvalue weighted by atomic mass is 16.4. The maximum absolute atomic E-state index is 12.7. The van der Waals surface area contributed by atoms with E-state index in [9.17, 15) is 14.9 Å². The van der Waals surface area contributed by atoms with Gasteiger partial charge in [0, 0.05) is 38.9 Å². The molecule has 1 fully saturated rings. The number of hydrogen-bond donors (Lipinski definition) is 1. The van der Waals surface area contributed by atoms with Crippen LogP contribution in [0.5, 0.6) is 0 Å². The van der Waals surface area contributed by atoms with Gasteiger partial charge < -0.3 is 24.0 Å². The third kappa shape index (κ3) is 5.53. The molecule has 0 aliphatic carbocycles. The number of nitrogens with zero attached hydrogens (tertiary/aromatic N) is 5. The van der Waals surface area contributed by atoms with Crippen molar-refractivity contribution >= 4 is 23.4 Å². The molecule has 1 aliphatic rings. The van der Waals surface area contributed by atoms with Gasteiger partial charge in [-0.15, -0.1) is 0 Å². The van der Waals surface area contributed by atoms with Gasteiger partial charge in [-0.1, -0.05) is 18.2 Å². The summed E-state index contributed by atoms with van der Waals surface area (Å²) < 4.78 is 11.1. The Morgan fingerprint density at radius 2 is 1.86 bits per heavy atom. The van der Waals surface area contributed by atoms with Crippen LogP contribution in [0.1, 0.15) is 16.8 Å². The summed E-state index contributed by atoms with van der Waals surface area (Å²) in [6, 6.07) is 11.3. The summed E-state index contributed by atoms with van der Waals surface area (Å²) >= 11 is 0. The number of likely N-dealkylation sites (N-methyl/N-ethyl adjacent to an activating group) is 1. The van der Waals surface area contributed by atoms with Gasteiger partial charge >= 0.3 is 0 Å². The Morgan fingerprint density at radius 3 is 2.49 bits per heavy atom. The number of amides is 2. The standard InChI is InChI=1S/C25H28N6O4/c1-17-6-4-7-18(2)23(17)28-21(32)15-29(3)22(33)16-30-9-11-31(12-10-30)25-19(14-26)27-24(35-25)20-8-5-13-34-20/h4-8,13H,9-12,15-16H2,1-3H3,(H,28,32). The first-order valence-corrected chi connectivity index (χ1v) is 11.4. The minimum Gasteiger partial charge on any atom is -0.459 e. The molecule has 10 heteroatoms. The number of furan rings is 1. The highest BCUT2D eigenvalue weighted by Gasteiger charge is 2.27. The van der Waals surface area contributed by atoms with Gasteiger partial charge in [-0.05, 0) is 37.1 Å². The Labute approximate surface area is 203 Å². The lowest BCUT2D eigenvalue weighted by molar-refractivity contribution is -0.134. The van der Waals surface area contributed by atoms with Crippen molar-refractivity contribution in [1.29, 1.82) is 5.26 Å². The molecule has 2 aromatic heterocycles. The monoisotopic (exact) mass is 476 g/mol. The number of aromatic nitrogens is 1. The molecule has 2 amide bonds. The van der Waals surface area contributed by atoms with Crippen molar-refractivity contribution in [3.8, 4) is 17.7 Å². The van der Waals surface area contributed by atoms with Crippen LogP contribution in [0.15, 0.2) is 45.4 Å². The lowest BCUT2D eigenvalue weighted by Crippen LogP contribution is -2.50. The van der Waals surface area contributed by atoms with Crippen LogP contribution in [-0.2, 0) is 9.59 Å². The molecule has 4 rings (SSSR count). The molecule has 0 spiro atoms. The normalized spacial score (nSPS) is 13.9. The minimum absolute atomic E-state index is 0.0221. The zero-order chi connectivity index (χ0) is 24.9. The van der Waals surface area contributed by atoms with Crippen LogP contribution in [0, 0.1) is 25.2 Å². The molecule has 1 N–H and O–H groups in total. The Balaban J connectivity index is 1.28. The van der Waals surface area contributed by atoms with Crippen molar-refractivity contribution < 1.29 is 18.4 Å². The topological polar surface area (TPSA) is 119 Å². The van der Waals surface area contributed by atoms with Crippen molar-refractivity contribution in [2.45, 2.75) is 13.8 Å². The first kappa shape index (κ1) is 24.0. The SMILES string of the molecule is Cc1cccc(C)c1NC(=O)CN(C)C(=O)CN1CCN(c2oc(-c3ccco3)nc2C#N)CC1. The van der Waals surface area contributed by atoms with E-state index in [0.717, 1.165) is 16.8 Å². The van der Waals surface area contributed by atoms with E-state index in [2.05, 4.69) is 16.4 Å². The number of para-hydroxylation sites is 1. The van der Waals surface area contributed by atoms with Gasteiger partial charge in [0.2, 0.25) is 23.4 Å². The van der Waals surface area contributed by atoms with Gasteiger partial charge in [0.25, 0.3) is 5.89 Å². The van der Waals surface area contributed by atoms with Gasteiger partial charge in [-0.3, -0.25) is 14.5 Å². The molecule has 0 unspecified atom stereocenters. The summed E-state index contributed by atoms with van der Waals surface area (Å²) in [5.74, 6) is 0.768. The Kier molecular flexibility index (Phi) is 7.17. The van der Waals surface area contributed by atoms with E-state index >= 15 is 0 Å². The average molecular weight is 477 g/mol. The van der Waals surface area contributed by atoms with Gasteiger partial charge in [-0.2, -0.15) is 10.2 Å². The average Bonchev–Trinajstić information content (AvgIpc) is 3.52. The fraction of sp³-hybridized carbons (Fsp3) is 0.360. The molecular weight excluding hydrogens is 448 g/mol. The Morgan fingerprint density at radius 1 is 1.14 bits per heavy atom. The van der Waals surface area contributed by atoms with Gasteiger partial charge in [0.1, 0.15) is 6.07 Å². The number of hydrogen-bond acceptors (Lipinski definition) is 8. The predicted octanol–water partition coefficient (Wildman–Crippen LogP) is 2.64. The third-order valence-electron chi connectivity index (χ3n) is 6.02. The maximum atomic E-state index is 12.7. The molecule has 1 aromatic carbocycles. The second kappa shape index (κ2) is 10.4. The quantitative estimate of drug-likeness (QED) is 0.553. The second-order valence-electron chi connectivity index (χ2n) is 8.59. The van der Waals surface area contributed by atoms with E-state index in [1.54, 1.807) is 19.2 Å². The molecule has 3 aromatic rings. The molecule has 0 radical (unpaired) electrons. The van der Waals surface area contributed by atoms with E-state index in [4.69, 9.17) is 8.83 Å². The first-order valence-electron chi connectivity index (χ1n) is 11.4. The molecule has 35 heavy (non-hydrogen) atoms. The number of nitriles is 1. The number of oxazole rings is 1. The molecule has 0 bridgehead atoms. The fourth-order valence-corrected chi connectivity index (χ4v) is 4.02. The van der Waals surface area contributed by atoms with Crippen molar-refractivity contribution in [1.82, 2.24) is 14.8 Å². The smallest absolute Gasteiger partial charge is 0.266 e. The molecule has 10 nitrogen and oxygen atoms in total. The van der Waals surface area contributed by atoms with Crippen LogP contribution in [0.2, 0.25) is 0 Å². The van der Waals surface area contributed by atoms with Crippen molar-refractivity contribution in [3.63, 3.8) is 0 Å². The molecule has 0 saturated carbocycles. The number of anilines is 2. The highest BCUT2D eigenvalue weighted by Crippen LogP contribution is 2.29. The van der Waals surface area contributed by atoms with E-state index in [1.165, 1.54) is 11.2 Å². The molecule has 3 heterocycles. The highest BCUT2D eigenvalue weighted by molar-refractivity contribution is 5.95. The van der Waals surface area contributed by atoms with Crippen LogP contribution >= 0.6 is 0 Å². The number of carbonyl (C=O) groups is 2. The summed E-state index contributed by atoms with van der Waals surface area (Å²) in [7, 11) is 1.63. The largest absolute Gasteiger partial charge is 0.459 e. The van der Waals surface area contributed by atoms with Crippen molar-refractivity contribution in [2.24, 2.45) is 0 Å². The van der Waals surface area contributed by atoms with E-state index in [-0.39, 0.29) is 36.5 Å². The lowest BCUT2D eigenvalue weighted by Gasteiger charge is -2.34.